The molecule has 0 aromatic rings. The van der Waals surface area contributed by atoms with Gasteiger partial charge in [-0.05, 0) is 0 Å². The van der Waals surface area contributed by atoms with Crippen LogP contribution in [0.3, 0.4) is 0 Å². The summed E-state index contributed by atoms with van der Waals surface area (Å²) in [5.41, 5.74) is 0. The first-order valence-electron chi connectivity index (χ1n) is 9.84. The van der Waals surface area contributed by atoms with E-state index in [0.29, 0.717) is 0 Å². The second-order valence-electron chi connectivity index (χ2n) is 6.83. The summed E-state index contributed by atoms with van der Waals surface area (Å²) < 4.78 is 0. The first-order valence-corrected chi connectivity index (χ1v) is 9.84. The van der Waals surface area contributed by atoms with Crippen LogP contribution in [0.5, 0.6) is 0 Å². The van der Waals surface area contributed by atoms with Gasteiger partial charge >= 0.3 is 23.9 Å². The zero-order valence-electron chi connectivity index (χ0n) is 18.2. The number of carboxylic acid groups (broad SMARTS) is 2. The van der Waals surface area contributed by atoms with Crippen molar-refractivity contribution in [1.82, 2.24) is 15.2 Å². The molecule has 3 saturated heterocycles. The molecule has 3 heterocycles. The molecule has 18 heteroatoms. The molecule has 3 N–H and O–H groups in total. The van der Waals surface area contributed by atoms with Crippen LogP contribution in [0, 0.1) is 0 Å². The summed E-state index contributed by atoms with van der Waals surface area (Å²) in [7, 11) is 0. The maximum atomic E-state index is 11.4. The van der Waals surface area contributed by atoms with E-state index in [1.807, 2.05) is 0 Å². The number of hydrogen-bond donors (Lipinski definition) is 3. The van der Waals surface area contributed by atoms with Crippen molar-refractivity contribution >= 4 is 59.3 Å². The quantitative estimate of drug-likeness (QED) is 0.218. The van der Waals surface area contributed by atoms with E-state index in [0.717, 1.165) is 0 Å². The van der Waals surface area contributed by atoms with Gasteiger partial charge in [0.1, 0.15) is 12.8 Å². The molecule has 42 heavy (non-hydrogen) atoms. The van der Waals surface area contributed by atoms with Crippen LogP contribution in [-0.4, -0.2) is 89.9 Å². The van der Waals surface area contributed by atoms with Gasteiger partial charge in [0.25, 0.3) is 35.4 Å². The highest BCUT2D eigenvalue weighted by Crippen LogP contribution is 2.15. The van der Waals surface area contributed by atoms with Crippen molar-refractivity contribution in [2.75, 3.05) is 0 Å². The van der Waals surface area contributed by atoms with Crippen LogP contribution in [0.4, 0.5) is 0 Å². The molecule has 0 radical (unpaired) electrons. The van der Waals surface area contributed by atoms with E-state index in [-0.39, 0.29) is 98.3 Å². The SMILES string of the molecule is C.C.C.C.C.C.O=C(CC(=O)ON1C(=O)CCC1=O)ON1C(=O)CCC1=O.O=C(O)CC(=O)O.O=C1CCC(=O)N1O. The number of imide groups is 3. The van der Waals surface area contributed by atoms with Gasteiger partial charge in [-0.2, -0.15) is 5.06 Å². The fraction of sp³-hybridized carbons (Fsp3) is 0.583. The second-order valence-corrected chi connectivity index (χ2v) is 6.83. The summed E-state index contributed by atoms with van der Waals surface area (Å²) in [6.45, 7) is 0. The number of hydroxylamine groups is 6. The average Bonchev–Trinajstić information content (AvgIpc) is 3.37. The fourth-order valence-electron chi connectivity index (χ4n) is 2.40. The standard InChI is InChI=1S/C11H10N2O8.C4H5NO3.C3H4O4.6CH4/c14-6-1-2-7(15)12(6)20-10(18)5-11(19)21-13-8(16)3-4-9(13)17;6-3-1-2-4(7)5(3)8;4-2(5)1-3(6)7;;;;;;/h1-5H2;8H,1-2H2;1H2,(H,4,5)(H,6,7);6*1H4. The molecule has 0 spiro atoms. The van der Waals surface area contributed by atoms with Gasteiger partial charge < -0.3 is 19.9 Å². The van der Waals surface area contributed by atoms with Crippen molar-refractivity contribution in [2.45, 2.75) is 95.9 Å². The molecule has 3 aliphatic rings. The first-order chi connectivity index (χ1) is 16.7. The van der Waals surface area contributed by atoms with Gasteiger partial charge in [-0.15, -0.1) is 10.1 Å². The lowest BCUT2D eigenvalue weighted by Crippen LogP contribution is -2.35. The van der Waals surface area contributed by atoms with Crippen LogP contribution in [0.25, 0.3) is 0 Å². The molecule has 3 fully saturated rings. The molecule has 3 rings (SSSR count). The summed E-state index contributed by atoms with van der Waals surface area (Å²) in [4.78, 5) is 116. The molecule has 0 unspecified atom stereocenters. The molecular weight excluding hydrogens is 570 g/mol. The Bertz CT molecular complexity index is 901. The molecule has 0 aromatic heterocycles. The minimum Gasteiger partial charge on any atom is -0.481 e. The van der Waals surface area contributed by atoms with Gasteiger partial charge in [-0.1, -0.05) is 44.6 Å². The van der Waals surface area contributed by atoms with Crippen LogP contribution in [0.15, 0.2) is 0 Å². The molecule has 0 aromatic carbocycles. The number of carbonyl (C=O) groups is 10. The highest BCUT2D eigenvalue weighted by Gasteiger charge is 2.36. The highest BCUT2D eigenvalue weighted by molar-refractivity contribution is 6.04. The predicted octanol–water partition coefficient (Wildman–Crippen LogP) is 1.48. The Morgan fingerprint density at radius 3 is 0.905 bits per heavy atom. The minimum atomic E-state index is -1.31. The van der Waals surface area contributed by atoms with Gasteiger partial charge in [0.2, 0.25) is 0 Å². The Kier molecular flexibility index (Phi) is 27.5. The molecule has 0 bridgehead atoms. The maximum absolute atomic E-state index is 11.4. The van der Waals surface area contributed by atoms with Gasteiger partial charge in [0.05, 0.1) is 0 Å². The Labute approximate surface area is 244 Å². The van der Waals surface area contributed by atoms with E-state index < -0.39 is 72.2 Å². The maximum Gasteiger partial charge on any atom is 0.344 e. The molecule has 0 saturated carbocycles. The van der Waals surface area contributed by atoms with Gasteiger partial charge in [0, 0.05) is 38.5 Å². The van der Waals surface area contributed by atoms with Crippen LogP contribution in [0.2, 0.25) is 0 Å². The third-order valence-electron chi connectivity index (χ3n) is 4.01. The molecule has 6 amide bonds. The number of rotatable bonds is 6. The summed E-state index contributed by atoms with van der Waals surface area (Å²) in [5.74, 6) is -8.80. The van der Waals surface area contributed by atoms with E-state index in [2.05, 4.69) is 9.68 Å². The Balaban J connectivity index is -0.000000131. The normalized spacial score (nSPS) is 14.5. The van der Waals surface area contributed by atoms with Gasteiger partial charge in [-0.25, -0.2) is 9.59 Å². The van der Waals surface area contributed by atoms with Crippen molar-refractivity contribution in [1.29, 1.82) is 0 Å². The topological polar surface area (TPSA) is 260 Å². The summed E-state index contributed by atoms with van der Waals surface area (Å²) in [5, 5.41) is 24.5. The summed E-state index contributed by atoms with van der Waals surface area (Å²) >= 11 is 0. The number of nitrogens with zero attached hydrogens (tertiary/aromatic N) is 3. The third kappa shape index (κ3) is 16.4. The van der Waals surface area contributed by atoms with Crippen molar-refractivity contribution in [3.8, 4) is 0 Å². The zero-order valence-corrected chi connectivity index (χ0v) is 18.2. The van der Waals surface area contributed by atoms with E-state index in [1.165, 1.54) is 0 Å². The van der Waals surface area contributed by atoms with E-state index in [4.69, 9.17) is 15.4 Å². The van der Waals surface area contributed by atoms with Crippen molar-refractivity contribution in [2.24, 2.45) is 0 Å². The lowest BCUT2D eigenvalue weighted by atomic mass is 10.4. The number of hydrogen-bond acceptors (Lipinski definition) is 13. The van der Waals surface area contributed by atoms with Gasteiger partial charge in [0.15, 0.2) is 0 Å². The molecule has 3 aliphatic heterocycles. The highest BCUT2D eigenvalue weighted by atomic mass is 16.7. The number of aliphatic carboxylic acids is 2. The molecule has 0 atom stereocenters. The van der Waals surface area contributed by atoms with Crippen LogP contribution in [-0.2, 0) is 57.6 Å². The third-order valence-corrected chi connectivity index (χ3v) is 4.01. The van der Waals surface area contributed by atoms with Gasteiger partial charge in [-0.3, -0.25) is 43.6 Å². The van der Waals surface area contributed by atoms with E-state index >= 15 is 0 Å². The molecule has 0 aliphatic carbocycles. The van der Waals surface area contributed by atoms with Crippen LogP contribution in [0.1, 0.15) is 95.9 Å². The smallest absolute Gasteiger partial charge is 0.344 e. The number of carbonyl (C=O) groups excluding carboxylic acids is 8. The monoisotopic (exact) mass is 613 g/mol. The zero-order chi connectivity index (χ0) is 27.6. The Morgan fingerprint density at radius 1 is 0.500 bits per heavy atom. The van der Waals surface area contributed by atoms with Crippen molar-refractivity contribution < 1.29 is 73.0 Å². The second kappa shape index (κ2) is 23.0. The summed E-state index contributed by atoms with van der Waals surface area (Å²) in [6, 6.07) is 0. The van der Waals surface area contributed by atoms with E-state index in [1.54, 1.807) is 0 Å². The average molecular weight is 614 g/mol. The van der Waals surface area contributed by atoms with Crippen molar-refractivity contribution in [3.05, 3.63) is 0 Å². The lowest BCUT2D eigenvalue weighted by molar-refractivity contribution is -0.206. The molecular formula is C24H43N3O15. The summed E-state index contributed by atoms with van der Waals surface area (Å²) in [6.07, 6.45) is -1.76. The Morgan fingerprint density at radius 2 is 0.738 bits per heavy atom. The first kappa shape index (κ1) is 50.1. The number of amides is 6. The number of carboxylic acids is 2. The molecule has 244 valence electrons. The predicted molar refractivity (Wildman–Crippen MR) is 142 cm³/mol. The van der Waals surface area contributed by atoms with Crippen LogP contribution >= 0.6 is 0 Å². The van der Waals surface area contributed by atoms with Crippen LogP contribution < -0.4 is 0 Å². The van der Waals surface area contributed by atoms with Crippen molar-refractivity contribution in [3.63, 3.8) is 0 Å². The lowest BCUT2D eigenvalue weighted by Gasteiger charge is -2.14. The largest absolute Gasteiger partial charge is 0.481 e. The molecule has 18 nitrogen and oxygen atoms in total. The minimum absolute atomic E-state index is 0. The Hall–Kier alpha value is -4.74. The fourth-order valence-corrected chi connectivity index (χ4v) is 2.40. The van der Waals surface area contributed by atoms with E-state index in [9.17, 15) is 47.9 Å².